The van der Waals surface area contributed by atoms with Crippen molar-refractivity contribution in [3.8, 4) is 5.75 Å². The fourth-order valence-corrected chi connectivity index (χ4v) is 2.79. The number of hydrogen-bond donors (Lipinski definition) is 3. The number of benzene rings is 2. The Hall–Kier alpha value is -2.86. The zero-order chi connectivity index (χ0) is 17.4. The molecule has 0 saturated heterocycles. The van der Waals surface area contributed by atoms with Crippen molar-refractivity contribution in [1.82, 2.24) is 5.32 Å². The SMILES string of the molecule is CC(C)NC(=O)c1cc(O)ccc1N1C(=O)c2ccccc2C1O. The van der Waals surface area contributed by atoms with E-state index in [1.165, 1.54) is 23.1 Å². The molecule has 6 heteroatoms. The van der Waals surface area contributed by atoms with Gasteiger partial charge in [-0.15, -0.1) is 0 Å². The van der Waals surface area contributed by atoms with Gasteiger partial charge in [0.25, 0.3) is 11.8 Å². The second-order valence-electron chi connectivity index (χ2n) is 5.97. The van der Waals surface area contributed by atoms with Crippen LogP contribution < -0.4 is 10.2 Å². The molecule has 2 aromatic rings. The molecule has 1 unspecified atom stereocenters. The molecule has 2 aromatic carbocycles. The van der Waals surface area contributed by atoms with Gasteiger partial charge in [-0.2, -0.15) is 0 Å². The lowest BCUT2D eigenvalue weighted by atomic mass is 10.1. The smallest absolute Gasteiger partial charge is 0.261 e. The van der Waals surface area contributed by atoms with Crippen molar-refractivity contribution in [3.63, 3.8) is 0 Å². The van der Waals surface area contributed by atoms with Gasteiger partial charge in [0, 0.05) is 17.2 Å². The monoisotopic (exact) mass is 326 g/mol. The van der Waals surface area contributed by atoms with E-state index in [2.05, 4.69) is 5.32 Å². The third kappa shape index (κ3) is 2.61. The van der Waals surface area contributed by atoms with Crippen molar-refractivity contribution in [2.45, 2.75) is 26.1 Å². The fourth-order valence-electron chi connectivity index (χ4n) is 2.79. The van der Waals surface area contributed by atoms with Gasteiger partial charge in [0.15, 0.2) is 6.23 Å². The van der Waals surface area contributed by atoms with Crippen molar-refractivity contribution in [2.75, 3.05) is 4.90 Å². The summed E-state index contributed by atoms with van der Waals surface area (Å²) < 4.78 is 0. The first-order valence-electron chi connectivity index (χ1n) is 7.64. The van der Waals surface area contributed by atoms with Crippen LogP contribution in [0.3, 0.4) is 0 Å². The highest BCUT2D eigenvalue weighted by molar-refractivity contribution is 6.14. The number of rotatable bonds is 3. The molecule has 0 fully saturated rings. The van der Waals surface area contributed by atoms with Gasteiger partial charge in [0.1, 0.15) is 5.75 Å². The van der Waals surface area contributed by atoms with E-state index in [0.29, 0.717) is 11.1 Å². The van der Waals surface area contributed by atoms with Crippen molar-refractivity contribution in [2.24, 2.45) is 0 Å². The van der Waals surface area contributed by atoms with Crippen molar-refractivity contribution in [3.05, 3.63) is 59.2 Å². The maximum atomic E-state index is 12.7. The van der Waals surface area contributed by atoms with Gasteiger partial charge in [-0.25, -0.2) is 0 Å². The molecule has 1 atom stereocenters. The Morgan fingerprint density at radius 1 is 1.21 bits per heavy atom. The van der Waals surface area contributed by atoms with E-state index >= 15 is 0 Å². The van der Waals surface area contributed by atoms with E-state index in [-0.39, 0.29) is 28.9 Å². The number of phenols is 1. The maximum absolute atomic E-state index is 12.7. The van der Waals surface area contributed by atoms with Crippen LogP contribution in [0.1, 0.15) is 46.4 Å². The number of anilines is 1. The number of amides is 2. The summed E-state index contributed by atoms with van der Waals surface area (Å²) in [6.45, 7) is 3.62. The third-order valence-electron chi connectivity index (χ3n) is 3.84. The summed E-state index contributed by atoms with van der Waals surface area (Å²) in [6, 6.07) is 10.8. The number of carbonyl (C=O) groups is 2. The summed E-state index contributed by atoms with van der Waals surface area (Å²) in [4.78, 5) is 26.3. The van der Waals surface area contributed by atoms with Crippen LogP contribution in [0.5, 0.6) is 5.75 Å². The Balaban J connectivity index is 2.08. The third-order valence-corrected chi connectivity index (χ3v) is 3.84. The fraction of sp³-hybridized carbons (Fsp3) is 0.222. The van der Waals surface area contributed by atoms with Crippen LogP contribution in [-0.2, 0) is 0 Å². The van der Waals surface area contributed by atoms with Crippen LogP contribution in [-0.4, -0.2) is 28.1 Å². The number of aromatic hydroxyl groups is 1. The number of nitrogens with one attached hydrogen (secondary N) is 1. The molecular formula is C18H18N2O4. The van der Waals surface area contributed by atoms with E-state index in [1.54, 1.807) is 24.3 Å². The highest BCUT2D eigenvalue weighted by atomic mass is 16.3. The lowest BCUT2D eigenvalue weighted by Crippen LogP contribution is -2.34. The standard InChI is InChI=1S/C18H18N2O4/c1-10(2)19-16(22)14-9-11(21)7-8-15(14)20-17(23)12-5-3-4-6-13(12)18(20)24/h3-10,17,21,23H,1-2H3,(H,19,22). The normalized spacial score (nSPS) is 16.4. The molecular weight excluding hydrogens is 308 g/mol. The average molecular weight is 326 g/mol. The Morgan fingerprint density at radius 3 is 2.58 bits per heavy atom. The Labute approximate surface area is 139 Å². The molecule has 0 radical (unpaired) electrons. The lowest BCUT2D eigenvalue weighted by Gasteiger charge is -2.24. The summed E-state index contributed by atoms with van der Waals surface area (Å²) in [5.74, 6) is -0.902. The zero-order valence-corrected chi connectivity index (χ0v) is 13.4. The van der Waals surface area contributed by atoms with E-state index in [1.807, 2.05) is 13.8 Å². The predicted molar refractivity (Wildman–Crippen MR) is 88.9 cm³/mol. The number of hydrogen-bond acceptors (Lipinski definition) is 4. The van der Waals surface area contributed by atoms with E-state index < -0.39 is 12.1 Å². The second kappa shape index (κ2) is 5.98. The second-order valence-corrected chi connectivity index (χ2v) is 5.97. The molecule has 1 heterocycles. The van der Waals surface area contributed by atoms with Gasteiger partial charge in [0.2, 0.25) is 0 Å². The van der Waals surface area contributed by atoms with Crippen LogP contribution in [0.25, 0.3) is 0 Å². The Bertz CT molecular complexity index is 816. The van der Waals surface area contributed by atoms with E-state index in [9.17, 15) is 19.8 Å². The number of carbonyl (C=O) groups excluding carboxylic acids is 2. The summed E-state index contributed by atoms with van der Waals surface area (Å²) in [5, 5.41) is 23.0. The van der Waals surface area contributed by atoms with Gasteiger partial charge in [-0.3, -0.25) is 14.5 Å². The number of fused-ring (bicyclic) bond motifs is 1. The number of aliphatic hydroxyl groups is 1. The molecule has 1 aliphatic heterocycles. The van der Waals surface area contributed by atoms with Crippen molar-refractivity contribution < 1.29 is 19.8 Å². The minimum absolute atomic E-state index is 0.0914. The first-order chi connectivity index (χ1) is 11.4. The van der Waals surface area contributed by atoms with Gasteiger partial charge >= 0.3 is 0 Å². The Morgan fingerprint density at radius 2 is 1.92 bits per heavy atom. The summed E-state index contributed by atoms with van der Waals surface area (Å²) in [5.41, 5.74) is 1.27. The number of aliphatic hydroxyl groups excluding tert-OH is 1. The molecule has 0 spiro atoms. The number of phenolic OH excluding ortho intramolecular Hbond substituents is 1. The molecule has 124 valence electrons. The first-order valence-corrected chi connectivity index (χ1v) is 7.64. The van der Waals surface area contributed by atoms with Crippen molar-refractivity contribution >= 4 is 17.5 Å². The molecule has 1 aliphatic rings. The van der Waals surface area contributed by atoms with Crippen LogP contribution >= 0.6 is 0 Å². The quantitative estimate of drug-likeness (QED) is 0.806. The van der Waals surface area contributed by atoms with E-state index in [4.69, 9.17) is 0 Å². The van der Waals surface area contributed by atoms with Crippen LogP contribution in [0, 0.1) is 0 Å². The largest absolute Gasteiger partial charge is 0.508 e. The summed E-state index contributed by atoms with van der Waals surface area (Å²) in [7, 11) is 0. The van der Waals surface area contributed by atoms with Gasteiger partial charge in [-0.1, -0.05) is 18.2 Å². The van der Waals surface area contributed by atoms with Gasteiger partial charge in [-0.05, 0) is 38.1 Å². The van der Waals surface area contributed by atoms with Crippen LogP contribution in [0.15, 0.2) is 42.5 Å². The molecule has 3 N–H and O–H groups in total. The zero-order valence-electron chi connectivity index (χ0n) is 13.4. The van der Waals surface area contributed by atoms with Crippen LogP contribution in [0.2, 0.25) is 0 Å². The first kappa shape index (κ1) is 16.0. The topological polar surface area (TPSA) is 89.9 Å². The lowest BCUT2D eigenvalue weighted by molar-refractivity contribution is 0.0931. The predicted octanol–water partition coefficient (Wildman–Crippen LogP) is 2.18. The average Bonchev–Trinajstić information content (AvgIpc) is 2.79. The molecule has 0 aromatic heterocycles. The maximum Gasteiger partial charge on any atom is 0.261 e. The molecule has 0 aliphatic carbocycles. The minimum atomic E-state index is -1.18. The molecule has 3 rings (SSSR count). The summed E-state index contributed by atoms with van der Waals surface area (Å²) in [6.07, 6.45) is -1.18. The summed E-state index contributed by atoms with van der Waals surface area (Å²) >= 11 is 0. The van der Waals surface area contributed by atoms with Crippen LogP contribution in [0.4, 0.5) is 5.69 Å². The highest BCUT2D eigenvalue weighted by Crippen LogP contribution is 2.38. The van der Waals surface area contributed by atoms with Gasteiger partial charge in [0.05, 0.1) is 11.3 Å². The molecule has 6 nitrogen and oxygen atoms in total. The highest BCUT2D eigenvalue weighted by Gasteiger charge is 2.38. The minimum Gasteiger partial charge on any atom is -0.508 e. The Kier molecular flexibility index (Phi) is 3.99. The molecule has 0 saturated carbocycles. The van der Waals surface area contributed by atoms with Crippen molar-refractivity contribution in [1.29, 1.82) is 0 Å². The molecule has 0 bridgehead atoms. The van der Waals surface area contributed by atoms with E-state index in [0.717, 1.165) is 0 Å². The van der Waals surface area contributed by atoms with Gasteiger partial charge < -0.3 is 15.5 Å². The number of nitrogens with zero attached hydrogens (tertiary/aromatic N) is 1. The molecule has 24 heavy (non-hydrogen) atoms. The molecule has 2 amide bonds.